The zero-order valence-corrected chi connectivity index (χ0v) is 23.7. The predicted molar refractivity (Wildman–Crippen MR) is 170 cm³/mol. The highest BCUT2D eigenvalue weighted by atomic mass is 15.1. The third kappa shape index (κ3) is 10.3. The van der Waals surface area contributed by atoms with Gasteiger partial charge in [-0.15, -0.1) is 6.58 Å². The summed E-state index contributed by atoms with van der Waals surface area (Å²) in [7, 11) is 1.97. The Morgan fingerprint density at radius 1 is 0.872 bits per heavy atom. The van der Waals surface area contributed by atoms with Gasteiger partial charge < -0.3 is 10.6 Å². The Bertz CT molecular complexity index is 1280. The first-order chi connectivity index (χ1) is 19.0. The number of aryl methyl sites for hydroxylation is 1. The van der Waals surface area contributed by atoms with E-state index >= 15 is 0 Å². The average Bonchev–Trinajstić information content (AvgIpc) is 2.95. The lowest BCUT2D eigenvalue weighted by atomic mass is 10.0. The molecule has 0 aliphatic heterocycles. The fourth-order valence-corrected chi connectivity index (χ4v) is 4.45. The number of nitrogens with two attached hydrogens (primary N) is 1. The molecule has 202 valence electrons. The molecule has 0 bridgehead atoms. The lowest BCUT2D eigenvalue weighted by Crippen LogP contribution is -2.16. The Kier molecular flexibility index (Phi) is 12.1. The van der Waals surface area contributed by atoms with E-state index in [2.05, 4.69) is 80.7 Å². The van der Waals surface area contributed by atoms with Gasteiger partial charge >= 0.3 is 0 Å². The molecule has 0 saturated heterocycles. The number of allylic oxidation sites excluding steroid dienone is 1. The number of rotatable bonds is 15. The highest BCUT2D eigenvalue weighted by Gasteiger charge is 2.08. The molecule has 0 radical (unpaired) electrons. The van der Waals surface area contributed by atoms with Crippen LogP contribution >= 0.6 is 0 Å². The monoisotopic (exact) mass is 517 g/mol. The fourth-order valence-electron chi connectivity index (χ4n) is 4.45. The standard InChI is InChI=1S/C36H43N3/c1-5-6-7-8-9-12-20-32-21-17-22-33(26-32)27-35(37)30(3)39(4)28-36(34-23-15-11-16-24-34)38-29(2)25-31-18-13-10-14-19-31/h5,10-11,13-19,21-24,26-28H,1,3,6-9,12,20,25,37H2,2,4H3/b35-27-,36-28-,38-29?. The van der Waals surface area contributed by atoms with Gasteiger partial charge in [-0.2, -0.15) is 0 Å². The van der Waals surface area contributed by atoms with Gasteiger partial charge in [0.2, 0.25) is 0 Å². The van der Waals surface area contributed by atoms with Crippen LogP contribution in [0.5, 0.6) is 0 Å². The minimum Gasteiger partial charge on any atom is -0.397 e. The van der Waals surface area contributed by atoms with Crippen LogP contribution in [0.4, 0.5) is 0 Å². The fraction of sp³-hybridized carbons (Fsp3) is 0.250. The maximum absolute atomic E-state index is 6.53. The molecule has 0 unspecified atom stereocenters. The van der Waals surface area contributed by atoms with Gasteiger partial charge in [-0.05, 0) is 55.4 Å². The van der Waals surface area contributed by atoms with Crippen LogP contribution < -0.4 is 5.73 Å². The van der Waals surface area contributed by atoms with E-state index in [1.807, 2.05) is 54.6 Å². The van der Waals surface area contributed by atoms with E-state index in [-0.39, 0.29) is 0 Å². The summed E-state index contributed by atoms with van der Waals surface area (Å²) in [6, 6.07) is 29.3. The van der Waals surface area contributed by atoms with Crippen molar-refractivity contribution in [2.45, 2.75) is 51.9 Å². The van der Waals surface area contributed by atoms with E-state index in [9.17, 15) is 0 Å². The normalized spacial score (nSPS) is 12.3. The van der Waals surface area contributed by atoms with E-state index in [0.29, 0.717) is 5.70 Å². The largest absolute Gasteiger partial charge is 0.397 e. The minimum absolute atomic E-state index is 0.632. The van der Waals surface area contributed by atoms with Crippen molar-refractivity contribution in [1.29, 1.82) is 0 Å². The number of hydrogen-bond donors (Lipinski definition) is 1. The molecule has 3 heteroatoms. The van der Waals surface area contributed by atoms with Crippen molar-refractivity contribution in [3.8, 4) is 0 Å². The van der Waals surface area contributed by atoms with E-state index < -0.39 is 0 Å². The zero-order valence-electron chi connectivity index (χ0n) is 23.7. The van der Waals surface area contributed by atoms with Gasteiger partial charge in [-0.25, -0.2) is 0 Å². The van der Waals surface area contributed by atoms with Crippen LogP contribution in [0, 0.1) is 0 Å². The molecule has 0 fully saturated rings. The molecule has 0 aliphatic rings. The molecule has 0 saturated carbocycles. The Labute approximate surface area is 235 Å². The summed E-state index contributed by atoms with van der Waals surface area (Å²) in [4.78, 5) is 6.96. The summed E-state index contributed by atoms with van der Waals surface area (Å²) >= 11 is 0. The summed E-state index contributed by atoms with van der Waals surface area (Å²) in [5.74, 6) is 0. The summed E-state index contributed by atoms with van der Waals surface area (Å²) in [6.07, 6.45) is 14.0. The molecule has 3 aromatic rings. The second-order valence-corrected chi connectivity index (χ2v) is 10.0. The van der Waals surface area contributed by atoms with Crippen molar-refractivity contribution in [2.24, 2.45) is 10.7 Å². The maximum atomic E-state index is 6.53. The minimum atomic E-state index is 0.632. The average molecular weight is 518 g/mol. The quantitative estimate of drug-likeness (QED) is 0.0947. The second-order valence-electron chi connectivity index (χ2n) is 10.0. The lowest BCUT2D eigenvalue weighted by Gasteiger charge is -2.19. The van der Waals surface area contributed by atoms with Crippen LogP contribution in [0.1, 0.15) is 61.3 Å². The van der Waals surface area contributed by atoms with Crippen molar-refractivity contribution in [3.63, 3.8) is 0 Å². The highest BCUT2D eigenvalue weighted by Crippen LogP contribution is 2.21. The van der Waals surface area contributed by atoms with Crippen molar-refractivity contribution < 1.29 is 0 Å². The Hall–Kier alpha value is -4.11. The molecule has 3 aromatic carbocycles. The van der Waals surface area contributed by atoms with Crippen LogP contribution in [0.2, 0.25) is 0 Å². The molecule has 0 aromatic heterocycles. The third-order valence-corrected chi connectivity index (χ3v) is 6.66. The van der Waals surface area contributed by atoms with Gasteiger partial charge in [0.05, 0.1) is 17.1 Å². The summed E-state index contributed by atoms with van der Waals surface area (Å²) in [5, 5.41) is 0. The molecule has 3 rings (SSSR count). The predicted octanol–water partition coefficient (Wildman–Crippen LogP) is 8.81. The van der Waals surface area contributed by atoms with Crippen LogP contribution in [0.3, 0.4) is 0 Å². The van der Waals surface area contributed by atoms with Crippen LogP contribution in [-0.4, -0.2) is 17.7 Å². The molecule has 39 heavy (non-hydrogen) atoms. The topological polar surface area (TPSA) is 41.6 Å². The first kappa shape index (κ1) is 29.4. The van der Waals surface area contributed by atoms with Gasteiger partial charge in [0.25, 0.3) is 0 Å². The van der Waals surface area contributed by atoms with E-state index in [1.165, 1.54) is 36.8 Å². The summed E-state index contributed by atoms with van der Waals surface area (Å²) in [5.41, 5.74) is 14.5. The van der Waals surface area contributed by atoms with Crippen LogP contribution in [0.25, 0.3) is 11.8 Å². The molecule has 0 amide bonds. The zero-order chi connectivity index (χ0) is 27.9. The van der Waals surface area contributed by atoms with Crippen molar-refractivity contribution in [3.05, 3.63) is 144 Å². The number of benzene rings is 3. The molecule has 0 atom stereocenters. The lowest BCUT2D eigenvalue weighted by molar-refractivity contribution is 0.582. The molecule has 0 spiro atoms. The van der Waals surface area contributed by atoms with E-state index in [1.54, 1.807) is 0 Å². The van der Waals surface area contributed by atoms with E-state index in [4.69, 9.17) is 10.7 Å². The van der Waals surface area contributed by atoms with E-state index in [0.717, 1.165) is 47.5 Å². The molecule has 0 aliphatic carbocycles. The molecule has 3 nitrogen and oxygen atoms in total. The summed E-state index contributed by atoms with van der Waals surface area (Å²) in [6.45, 7) is 10.2. The van der Waals surface area contributed by atoms with Gasteiger partial charge in [0.1, 0.15) is 0 Å². The van der Waals surface area contributed by atoms with Gasteiger partial charge in [0, 0.05) is 30.9 Å². The Balaban J connectivity index is 1.72. The van der Waals surface area contributed by atoms with Gasteiger partial charge in [-0.3, -0.25) is 4.99 Å². The second kappa shape index (κ2) is 16.0. The Morgan fingerprint density at radius 3 is 2.26 bits per heavy atom. The number of likely N-dealkylation sites (N-methyl/N-ethyl adjacent to an activating group) is 1. The van der Waals surface area contributed by atoms with Gasteiger partial charge in [0.15, 0.2) is 0 Å². The molecular formula is C36H43N3. The smallest absolute Gasteiger partial charge is 0.0863 e. The van der Waals surface area contributed by atoms with Crippen molar-refractivity contribution >= 4 is 17.5 Å². The number of unbranched alkanes of at least 4 members (excludes halogenated alkanes) is 4. The number of hydrogen-bond acceptors (Lipinski definition) is 3. The molecule has 2 N–H and O–H groups in total. The van der Waals surface area contributed by atoms with Crippen LogP contribution in [-0.2, 0) is 12.8 Å². The molecule has 0 heterocycles. The number of aliphatic imine (C=N–C) groups is 1. The third-order valence-electron chi connectivity index (χ3n) is 6.66. The maximum Gasteiger partial charge on any atom is 0.0863 e. The van der Waals surface area contributed by atoms with Crippen molar-refractivity contribution in [1.82, 2.24) is 4.90 Å². The molecular weight excluding hydrogens is 474 g/mol. The summed E-state index contributed by atoms with van der Waals surface area (Å²) < 4.78 is 0. The highest BCUT2D eigenvalue weighted by molar-refractivity contribution is 5.89. The SMILES string of the molecule is C=CCCCCCCc1cccc(/C=C(\N)C(=C)N(C)/C=C(\N=C(C)Cc2ccccc2)c2ccccc2)c1. The first-order valence-corrected chi connectivity index (χ1v) is 13.9. The van der Waals surface area contributed by atoms with Gasteiger partial charge in [-0.1, -0.05) is 110 Å². The van der Waals surface area contributed by atoms with Crippen LogP contribution in [0.15, 0.2) is 127 Å². The Morgan fingerprint density at radius 2 is 1.54 bits per heavy atom. The number of nitrogens with zero attached hydrogens (tertiary/aromatic N) is 2. The first-order valence-electron chi connectivity index (χ1n) is 13.9. The van der Waals surface area contributed by atoms with Crippen molar-refractivity contribution in [2.75, 3.05) is 7.05 Å².